The topological polar surface area (TPSA) is 42.4 Å². The van der Waals surface area contributed by atoms with Gasteiger partial charge in [-0.05, 0) is 17.9 Å². The van der Waals surface area contributed by atoms with Crippen LogP contribution in [0.2, 0.25) is 0 Å². The smallest absolute Gasteiger partial charge is 0.121 e. The molecule has 0 amide bonds. The number of nitrogens with two attached hydrogens (primary N) is 1. The fourth-order valence-electron chi connectivity index (χ4n) is 2.31. The minimum atomic E-state index is 0.501. The Morgan fingerprint density at radius 1 is 1.40 bits per heavy atom. The zero-order valence-corrected chi connectivity index (χ0v) is 9.57. The van der Waals surface area contributed by atoms with Crippen LogP contribution < -0.4 is 5.73 Å². The van der Waals surface area contributed by atoms with Gasteiger partial charge in [0, 0.05) is 25.2 Å². The lowest BCUT2D eigenvalue weighted by Gasteiger charge is -2.14. The Labute approximate surface area is 91.2 Å². The Bertz CT molecular complexity index is 311. The van der Waals surface area contributed by atoms with E-state index in [1.165, 1.54) is 18.7 Å². The maximum Gasteiger partial charge on any atom is 0.121 e. The molecular formula is C12H20N2O. The van der Waals surface area contributed by atoms with Crippen molar-refractivity contribution in [2.75, 3.05) is 13.1 Å². The van der Waals surface area contributed by atoms with Crippen LogP contribution in [0.5, 0.6) is 0 Å². The first-order valence-corrected chi connectivity index (χ1v) is 5.68. The second-order valence-electron chi connectivity index (χ2n) is 4.72. The Balaban J connectivity index is 1.98. The number of hydrogen-bond acceptors (Lipinski definition) is 3. The third kappa shape index (κ3) is 2.24. The molecule has 2 unspecified atom stereocenters. The average Bonchev–Trinajstić information content (AvgIpc) is 2.75. The second-order valence-corrected chi connectivity index (χ2v) is 4.72. The minimum absolute atomic E-state index is 0.501. The number of likely N-dealkylation sites (tertiary alicyclic amines) is 1. The zero-order chi connectivity index (χ0) is 10.8. The monoisotopic (exact) mass is 208 g/mol. The molecule has 2 N–H and O–H groups in total. The van der Waals surface area contributed by atoms with Crippen molar-refractivity contribution in [2.45, 2.75) is 26.9 Å². The molecular weight excluding hydrogens is 188 g/mol. The summed E-state index contributed by atoms with van der Waals surface area (Å²) in [5.41, 5.74) is 6.86. The van der Waals surface area contributed by atoms with Gasteiger partial charge < -0.3 is 10.2 Å². The molecule has 0 aromatic carbocycles. The van der Waals surface area contributed by atoms with Crippen LogP contribution in [0.4, 0.5) is 0 Å². The number of rotatable bonds is 3. The standard InChI is InChI=1S/C12H20N2O/c1-9-6-14(7-10(9)2)8-11-3-4-15-12(11)5-13/h3-4,9-10H,5-8,13H2,1-2H3. The SMILES string of the molecule is CC1CN(Cc2ccoc2CN)CC1C. The lowest BCUT2D eigenvalue weighted by molar-refractivity contribution is 0.312. The van der Waals surface area contributed by atoms with Gasteiger partial charge in [0.25, 0.3) is 0 Å². The molecule has 1 aliphatic heterocycles. The molecule has 0 spiro atoms. The third-order valence-electron chi connectivity index (χ3n) is 3.48. The van der Waals surface area contributed by atoms with E-state index in [2.05, 4.69) is 18.7 Å². The third-order valence-corrected chi connectivity index (χ3v) is 3.48. The summed E-state index contributed by atoms with van der Waals surface area (Å²) in [6.45, 7) is 8.51. The highest BCUT2D eigenvalue weighted by Crippen LogP contribution is 2.24. The quantitative estimate of drug-likeness (QED) is 0.824. The molecule has 1 aromatic heterocycles. The van der Waals surface area contributed by atoms with Gasteiger partial charge in [-0.3, -0.25) is 4.90 Å². The maximum absolute atomic E-state index is 5.61. The summed E-state index contributed by atoms with van der Waals surface area (Å²) in [7, 11) is 0. The van der Waals surface area contributed by atoms with Crippen molar-refractivity contribution in [3.05, 3.63) is 23.7 Å². The number of nitrogens with zero attached hydrogens (tertiary/aromatic N) is 1. The molecule has 2 rings (SSSR count). The van der Waals surface area contributed by atoms with Crippen molar-refractivity contribution in [2.24, 2.45) is 17.6 Å². The molecule has 0 bridgehead atoms. The van der Waals surface area contributed by atoms with Gasteiger partial charge in [-0.25, -0.2) is 0 Å². The lowest BCUT2D eigenvalue weighted by Crippen LogP contribution is -2.20. The van der Waals surface area contributed by atoms with Gasteiger partial charge in [0.1, 0.15) is 5.76 Å². The molecule has 15 heavy (non-hydrogen) atoms. The second kappa shape index (κ2) is 4.37. The van der Waals surface area contributed by atoms with E-state index in [1.807, 2.05) is 6.07 Å². The van der Waals surface area contributed by atoms with Gasteiger partial charge >= 0.3 is 0 Å². The van der Waals surface area contributed by atoms with E-state index in [0.717, 1.165) is 24.1 Å². The van der Waals surface area contributed by atoms with Crippen LogP contribution in [0.15, 0.2) is 16.7 Å². The summed E-state index contributed by atoms with van der Waals surface area (Å²) >= 11 is 0. The van der Waals surface area contributed by atoms with Crippen molar-refractivity contribution in [1.29, 1.82) is 0 Å². The van der Waals surface area contributed by atoms with Crippen LogP contribution in [0.25, 0.3) is 0 Å². The average molecular weight is 208 g/mol. The van der Waals surface area contributed by atoms with E-state index in [0.29, 0.717) is 6.54 Å². The van der Waals surface area contributed by atoms with Crippen LogP contribution in [-0.2, 0) is 13.1 Å². The first-order chi connectivity index (χ1) is 7.20. The molecule has 0 radical (unpaired) electrons. The van der Waals surface area contributed by atoms with Crippen LogP contribution in [0.1, 0.15) is 25.2 Å². The molecule has 1 saturated heterocycles. The molecule has 3 nitrogen and oxygen atoms in total. The van der Waals surface area contributed by atoms with E-state index < -0.39 is 0 Å². The summed E-state index contributed by atoms with van der Waals surface area (Å²) < 4.78 is 5.33. The van der Waals surface area contributed by atoms with Crippen molar-refractivity contribution in [1.82, 2.24) is 4.90 Å². The van der Waals surface area contributed by atoms with E-state index >= 15 is 0 Å². The van der Waals surface area contributed by atoms with Gasteiger partial charge in [0.2, 0.25) is 0 Å². The van der Waals surface area contributed by atoms with Gasteiger partial charge in [0.15, 0.2) is 0 Å². The van der Waals surface area contributed by atoms with Crippen molar-refractivity contribution >= 4 is 0 Å². The molecule has 0 saturated carbocycles. The summed E-state index contributed by atoms with van der Waals surface area (Å²) in [5.74, 6) is 2.54. The highest BCUT2D eigenvalue weighted by Gasteiger charge is 2.26. The molecule has 1 aliphatic rings. The van der Waals surface area contributed by atoms with E-state index in [9.17, 15) is 0 Å². The van der Waals surface area contributed by atoms with Crippen LogP contribution in [0.3, 0.4) is 0 Å². The van der Waals surface area contributed by atoms with E-state index in [1.54, 1.807) is 6.26 Å². The maximum atomic E-state index is 5.61. The summed E-state index contributed by atoms with van der Waals surface area (Å²) in [6, 6.07) is 2.04. The first kappa shape index (κ1) is 10.7. The largest absolute Gasteiger partial charge is 0.468 e. The lowest BCUT2D eigenvalue weighted by atomic mass is 10.0. The molecule has 1 fully saturated rings. The van der Waals surface area contributed by atoms with Gasteiger partial charge in [0.05, 0.1) is 12.8 Å². The predicted molar refractivity (Wildman–Crippen MR) is 60.2 cm³/mol. The fraction of sp³-hybridized carbons (Fsp3) is 0.667. The van der Waals surface area contributed by atoms with Crippen LogP contribution in [-0.4, -0.2) is 18.0 Å². The molecule has 2 heterocycles. The normalized spacial score (nSPS) is 27.4. The predicted octanol–water partition coefficient (Wildman–Crippen LogP) is 1.83. The highest BCUT2D eigenvalue weighted by atomic mass is 16.3. The molecule has 2 atom stereocenters. The van der Waals surface area contributed by atoms with Gasteiger partial charge in [-0.15, -0.1) is 0 Å². The Hall–Kier alpha value is -0.800. The Morgan fingerprint density at radius 3 is 2.67 bits per heavy atom. The van der Waals surface area contributed by atoms with E-state index in [-0.39, 0.29) is 0 Å². The van der Waals surface area contributed by atoms with Crippen LogP contribution >= 0.6 is 0 Å². The first-order valence-electron chi connectivity index (χ1n) is 5.68. The number of hydrogen-bond donors (Lipinski definition) is 1. The summed E-state index contributed by atoms with van der Waals surface area (Å²) in [6.07, 6.45) is 1.74. The van der Waals surface area contributed by atoms with Crippen LogP contribution in [0, 0.1) is 11.8 Å². The summed E-state index contributed by atoms with van der Waals surface area (Å²) in [5, 5.41) is 0. The summed E-state index contributed by atoms with van der Waals surface area (Å²) in [4.78, 5) is 2.49. The van der Waals surface area contributed by atoms with E-state index in [4.69, 9.17) is 10.2 Å². The van der Waals surface area contributed by atoms with Gasteiger partial charge in [-0.2, -0.15) is 0 Å². The van der Waals surface area contributed by atoms with Crippen molar-refractivity contribution in [3.63, 3.8) is 0 Å². The van der Waals surface area contributed by atoms with Gasteiger partial charge in [-0.1, -0.05) is 13.8 Å². The zero-order valence-electron chi connectivity index (χ0n) is 9.57. The molecule has 84 valence electrons. The highest BCUT2D eigenvalue weighted by molar-refractivity contribution is 5.16. The minimum Gasteiger partial charge on any atom is -0.468 e. The Kier molecular flexibility index (Phi) is 3.12. The molecule has 0 aliphatic carbocycles. The number of furan rings is 1. The molecule has 3 heteroatoms. The fourth-order valence-corrected chi connectivity index (χ4v) is 2.31. The Morgan fingerprint density at radius 2 is 2.07 bits per heavy atom. The van der Waals surface area contributed by atoms with Crippen molar-refractivity contribution < 1.29 is 4.42 Å². The molecule has 1 aromatic rings. The van der Waals surface area contributed by atoms with Crippen molar-refractivity contribution in [3.8, 4) is 0 Å².